The lowest BCUT2D eigenvalue weighted by Crippen LogP contribution is -2.48. The Morgan fingerprint density at radius 3 is 2.79 bits per heavy atom. The van der Waals surface area contributed by atoms with Gasteiger partial charge in [0, 0.05) is 18.5 Å². The van der Waals surface area contributed by atoms with Crippen molar-refractivity contribution in [1.29, 1.82) is 0 Å². The number of nitrogens with zero attached hydrogens (tertiary/aromatic N) is 3. The third kappa shape index (κ3) is 4.14. The summed E-state index contributed by atoms with van der Waals surface area (Å²) in [6, 6.07) is 3.36. The van der Waals surface area contributed by atoms with Gasteiger partial charge in [0.05, 0.1) is 43.8 Å². The zero-order valence-corrected chi connectivity index (χ0v) is 16.0. The Morgan fingerprint density at radius 1 is 1.39 bits per heavy atom. The predicted octanol–water partition coefficient (Wildman–Crippen LogP) is 2.87. The summed E-state index contributed by atoms with van der Waals surface area (Å²) in [4.78, 5) is 17.6. The van der Waals surface area contributed by atoms with Crippen LogP contribution in [0.2, 0.25) is 0 Å². The Hall–Kier alpha value is -2.55. The maximum absolute atomic E-state index is 14.3. The lowest BCUT2D eigenvalue weighted by Gasteiger charge is -2.39. The highest BCUT2D eigenvalue weighted by Crippen LogP contribution is 2.36. The molecular formula is C19H23F2N3O4. The van der Waals surface area contributed by atoms with E-state index in [1.54, 1.807) is 30.9 Å². The van der Waals surface area contributed by atoms with E-state index in [-0.39, 0.29) is 19.4 Å². The highest BCUT2D eigenvalue weighted by Gasteiger charge is 2.41. The van der Waals surface area contributed by atoms with E-state index < -0.39 is 24.4 Å². The molecule has 1 fully saturated rings. The summed E-state index contributed by atoms with van der Waals surface area (Å²) in [5, 5.41) is 13.3. The molecule has 3 rings (SSSR count). The van der Waals surface area contributed by atoms with Crippen molar-refractivity contribution in [2.45, 2.75) is 39.2 Å². The van der Waals surface area contributed by atoms with Gasteiger partial charge in [0.1, 0.15) is 5.69 Å². The van der Waals surface area contributed by atoms with E-state index in [1.165, 1.54) is 7.11 Å². The Labute approximate surface area is 161 Å². The molecule has 0 aromatic carbocycles. The number of alkyl halides is 2. The third-order valence-electron chi connectivity index (χ3n) is 4.95. The zero-order chi connectivity index (χ0) is 20.5. The number of esters is 1. The van der Waals surface area contributed by atoms with Gasteiger partial charge in [0.2, 0.25) is 0 Å². The number of carbonyl (C=O) groups is 1. The van der Waals surface area contributed by atoms with E-state index in [9.17, 15) is 18.7 Å². The van der Waals surface area contributed by atoms with E-state index in [4.69, 9.17) is 4.52 Å². The first-order valence-electron chi connectivity index (χ1n) is 8.97. The fourth-order valence-electron chi connectivity index (χ4n) is 3.64. The number of aromatic nitrogens is 2. The SMILES string of the molecule is COC(=O)C[C@@H]1CN(c2ccc(-c3onc(C)c3CO)nc2C)CC(F)(F)C1. The number of aliphatic hydroxyl groups is 1. The Bertz CT molecular complexity index is 869. The molecule has 2 aromatic rings. The Morgan fingerprint density at radius 2 is 2.14 bits per heavy atom. The van der Waals surface area contributed by atoms with Crippen LogP contribution in [0.3, 0.4) is 0 Å². The molecule has 0 bridgehead atoms. The van der Waals surface area contributed by atoms with Gasteiger partial charge in [0.25, 0.3) is 5.92 Å². The summed E-state index contributed by atoms with van der Waals surface area (Å²) in [7, 11) is 1.25. The molecular weight excluding hydrogens is 372 g/mol. The van der Waals surface area contributed by atoms with E-state index in [1.807, 2.05) is 0 Å². The molecule has 1 N–H and O–H groups in total. The number of ether oxygens (including phenoxy) is 1. The van der Waals surface area contributed by atoms with Gasteiger partial charge in [0.15, 0.2) is 5.76 Å². The highest BCUT2D eigenvalue weighted by atomic mass is 19.3. The molecule has 152 valence electrons. The number of methoxy groups -OCH3 is 1. The fraction of sp³-hybridized carbons (Fsp3) is 0.526. The molecule has 7 nitrogen and oxygen atoms in total. The van der Waals surface area contributed by atoms with Crippen LogP contribution in [-0.2, 0) is 16.1 Å². The molecule has 0 saturated carbocycles. The van der Waals surface area contributed by atoms with Crippen LogP contribution in [0, 0.1) is 19.8 Å². The van der Waals surface area contributed by atoms with Crippen LogP contribution >= 0.6 is 0 Å². The van der Waals surface area contributed by atoms with E-state index >= 15 is 0 Å². The molecule has 2 aromatic heterocycles. The normalized spacial score (nSPS) is 18.9. The van der Waals surface area contributed by atoms with Crippen molar-refractivity contribution in [2.24, 2.45) is 5.92 Å². The van der Waals surface area contributed by atoms with Crippen molar-refractivity contribution in [3.8, 4) is 11.5 Å². The zero-order valence-electron chi connectivity index (χ0n) is 16.0. The molecule has 1 atom stereocenters. The van der Waals surface area contributed by atoms with Gasteiger partial charge < -0.3 is 19.3 Å². The molecule has 0 aliphatic carbocycles. The molecule has 3 heterocycles. The van der Waals surface area contributed by atoms with Crippen LogP contribution in [0.1, 0.15) is 29.8 Å². The van der Waals surface area contributed by atoms with Crippen LogP contribution in [0.25, 0.3) is 11.5 Å². The first kappa shape index (κ1) is 20.2. The van der Waals surface area contributed by atoms with Gasteiger partial charge in [-0.3, -0.25) is 4.79 Å². The number of aryl methyl sites for hydroxylation is 2. The van der Waals surface area contributed by atoms with E-state index in [0.717, 1.165) is 0 Å². The first-order chi connectivity index (χ1) is 13.2. The summed E-state index contributed by atoms with van der Waals surface area (Å²) in [6.45, 7) is 3.09. The molecule has 1 aliphatic heterocycles. The number of piperidine rings is 1. The summed E-state index contributed by atoms with van der Waals surface area (Å²) >= 11 is 0. The van der Waals surface area contributed by atoms with Crippen molar-refractivity contribution in [3.63, 3.8) is 0 Å². The van der Waals surface area contributed by atoms with Gasteiger partial charge >= 0.3 is 5.97 Å². The highest BCUT2D eigenvalue weighted by molar-refractivity contribution is 5.69. The maximum atomic E-state index is 14.3. The number of carbonyl (C=O) groups excluding carboxylic acids is 1. The topological polar surface area (TPSA) is 88.7 Å². The van der Waals surface area contributed by atoms with E-state index in [0.29, 0.717) is 40.6 Å². The van der Waals surface area contributed by atoms with Gasteiger partial charge in [-0.05, 0) is 31.9 Å². The van der Waals surface area contributed by atoms with Crippen LogP contribution in [0.4, 0.5) is 14.5 Å². The average Bonchev–Trinajstić information content (AvgIpc) is 3.00. The van der Waals surface area contributed by atoms with Crippen LogP contribution in [-0.4, -0.2) is 47.3 Å². The fourth-order valence-corrected chi connectivity index (χ4v) is 3.64. The summed E-state index contributed by atoms with van der Waals surface area (Å²) in [5.74, 6) is -3.55. The molecule has 0 amide bonds. The number of aliphatic hydroxyl groups excluding tert-OH is 1. The lowest BCUT2D eigenvalue weighted by molar-refractivity contribution is -0.142. The van der Waals surface area contributed by atoms with Crippen molar-refractivity contribution < 1.29 is 27.9 Å². The molecule has 0 radical (unpaired) electrons. The number of pyridine rings is 1. The van der Waals surface area contributed by atoms with Crippen molar-refractivity contribution in [2.75, 3.05) is 25.1 Å². The van der Waals surface area contributed by atoms with Gasteiger partial charge in [-0.1, -0.05) is 5.16 Å². The van der Waals surface area contributed by atoms with Crippen LogP contribution in [0.5, 0.6) is 0 Å². The number of hydrogen-bond donors (Lipinski definition) is 1. The summed E-state index contributed by atoms with van der Waals surface area (Å²) in [5.41, 5.74) is 2.70. The molecule has 1 aliphatic rings. The Balaban J connectivity index is 1.87. The maximum Gasteiger partial charge on any atom is 0.305 e. The molecule has 9 heteroatoms. The largest absolute Gasteiger partial charge is 0.469 e. The minimum Gasteiger partial charge on any atom is -0.469 e. The standard InChI is InChI=1S/C19H23F2N3O4/c1-11-14(9-25)18(28-23-11)15-4-5-16(12(2)22-15)24-8-13(6-17(26)27-3)7-19(20,21)10-24/h4-5,13,25H,6-10H2,1-3H3/t13-/m0/s1. The van der Waals surface area contributed by atoms with E-state index in [2.05, 4.69) is 14.9 Å². The number of anilines is 1. The van der Waals surface area contributed by atoms with Gasteiger partial charge in [-0.2, -0.15) is 0 Å². The van der Waals surface area contributed by atoms with Crippen LogP contribution in [0.15, 0.2) is 16.7 Å². The van der Waals surface area contributed by atoms with Crippen molar-refractivity contribution in [3.05, 3.63) is 29.1 Å². The second-order valence-corrected chi connectivity index (χ2v) is 7.12. The summed E-state index contributed by atoms with van der Waals surface area (Å²) < 4.78 is 38.4. The first-order valence-corrected chi connectivity index (χ1v) is 8.97. The predicted molar refractivity (Wildman–Crippen MR) is 97.0 cm³/mol. The molecule has 1 saturated heterocycles. The number of halogens is 2. The third-order valence-corrected chi connectivity index (χ3v) is 4.95. The monoisotopic (exact) mass is 395 g/mol. The number of hydrogen-bond acceptors (Lipinski definition) is 7. The average molecular weight is 395 g/mol. The Kier molecular flexibility index (Phi) is 5.64. The second kappa shape index (κ2) is 7.83. The van der Waals surface area contributed by atoms with Crippen LogP contribution < -0.4 is 4.90 Å². The summed E-state index contributed by atoms with van der Waals surface area (Å²) in [6.07, 6.45) is -0.398. The molecule has 0 spiro atoms. The van der Waals surface area contributed by atoms with Gasteiger partial charge in [-0.25, -0.2) is 13.8 Å². The quantitative estimate of drug-likeness (QED) is 0.779. The minimum absolute atomic E-state index is 0.0512. The van der Waals surface area contributed by atoms with Gasteiger partial charge in [-0.15, -0.1) is 0 Å². The molecule has 28 heavy (non-hydrogen) atoms. The number of rotatable bonds is 5. The second-order valence-electron chi connectivity index (χ2n) is 7.12. The minimum atomic E-state index is -2.91. The van der Waals surface area contributed by atoms with Crippen molar-refractivity contribution in [1.82, 2.24) is 10.1 Å². The smallest absolute Gasteiger partial charge is 0.305 e. The van der Waals surface area contributed by atoms with Crippen molar-refractivity contribution >= 4 is 11.7 Å². The molecule has 0 unspecified atom stereocenters. The lowest BCUT2D eigenvalue weighted by atomic mass is 9.91.